The Hall–Kier alpha value is -0.280. The SMILES string of the molecule is CN(Cc1ccco1)CC1(CBr)CCCCCC1. The van der Waals surface area contributed by atoms with E-state index in [1.54, 1.807) is 6.26 Å². The normalized spacial score (nSPS) is 19.9. The summed E-state index contributed by atoms with van der Waals surface area (Å²) in [6, 6.07) is 4.03. The summed E-state index contributed by atoms with van der Waals surface area (Å²) in [4.78, 5) is 2.41. The topological polar surface area (TPSA) is 16.4 Å². The quantitative estimate of drug-likeness (QED) is 0.590. The molecule has 0 aliphatic heterocycles. The molecule has 1 heterocycles. The molecule has 0 atom stereocenters. The van der Waals surface area contributed by atoms with Crippen molar-refractivity contribution < 1.29 is 4.42 Å². The Kier molecular flexibility index (Phi) is 5.31. The number of hydrogen-bond acceptors (Lipinski definition) is 2. The van der Waals surface area contributed by atoms with Crippen LogP contribution in [-0.2, 0) is 6.54 Å². The summed E-state index contributed by atoms with van der Waals surface area (Å²) in [7, 11) is 2.21. The van der Waals surface area contributed by atoms with Crippen molar-refractivity contribution in [1.29, 1.82) is 0 Å². The zero-order chi connectivity index (χ0) is 12.8. The van der Waals surface area contributed by atoms with Gasteiger partial charge in [0.2, 0.25) is 0 Å². The van der Waals surface area contributed by atoms with Gasteiger partial charge in [-0.05, 0) is 37.4 Å². The fourth-order valence-corrected chi connectivity index (χ4v) is 3.85. The van der Waals surface area contributed by atoms with Gasteiger partial charge < -0.3 is 4.42 Å². The van der Waals surface area contributed by atoms with E-state index in [4.69, 9.17) is 4.42 Å². The van der Waals surface area contributed by atoms with Crippen molar-refractivity contribution in [2.24, 2.45) is 5.41 Å². The number of alkyl halides is 1. The van der Waals surface area contributed by atoms with Gasteiger partial charge in [-0.2, -0.15) is 0 Å². The Bertz CT molecular complexity index is 328. The molecule has 0 amide bonds. The lowest BCUT2D eigenvalue weighted by molar-refractivity contribution is 0.163. The fourth-order valence-electron chi connectivity index (χ4n) is 3.11. The van der Waals surface area contributed by atoms with Gasteiger partial charge in [0.25, 0.3) is 0 Å². The van der Waals surface area contributed by atoms with Gasteiger partial charge in [0.1, 0.15) is 5.76 Å². The van der Waals surface area contributed by atoms with Crippen LogP contribution in [0.1, 0.15) is 44.3 Å². The summed E-state index contributed by atoms with van der Waals surface area (Å²) in [5, 5.41) is 1.13. The van der Waals surface area contributed by atoms with E-state index in [1.165, 1.54) is 45.1 Å². The van der Waals surface area contributed by atoms with Crippen LogP contribution >= 0.6 is 15.9 Å². The van der Waals surface area contributed by atoms with Gasteiger partial charge >= 0.3 is 0 Å². The highest BCUT2D eigenvalue weighted by Gasteiger charge is 2.31. The molecule has 0 saturated heterocycles. The molecule has 0 aromatic carbocycles. The molecular formula is C15H24BrNO. The molecule has 102 valence electrons. The van der Waals surface area contributed by atoms with E-state index < -0.39 is 0 Å². The summed E-state index contributed by atoms with van der Waals surface area (Å²) >= 11 is 3.76. The molecule has 2 nitrogen and oxygen atoms in total. The summed E-state index contributed by atoms with van der Waals surface area (Å²) in [5.74, 6) is 1.07. The number of nitrogens with zero attached hydrogens (tertiary/aromatic N) is 1. The first-order chi connectivity index (χ1) is 8.74. The first-order valence-corrected chi connectivity index (χ1v) is 8.13. The molecule has 1 aliphatic carbocycles. The highest BCUT2D eigenvalue weighted by atomic mass is 79.9. The second-order valence-electron chi connectivity index (χ2n) is 5.80. The van der Waals surface area contributed by atoms with Crippen molar-refractivity contribution in [3.63, 3.8) is 0 Å². The molecule has 0 N–H and O–H groups in total. The highest BCUT2D eigenvalue weighted by Crippen LogP contribution is 2.37. The van der Waals surface area contributed by atoms with E-state index in [0.29, 0.717) is 5.41 Å². The van der Waals surface area contributed by atoms with Crippen LogP contribution in [0.5, 0.6) is 0 Å². The molecule has 1 aliphatic rings. The molecule has 0 spiro atoms. The Morgan fingerprint density at radius 3 is 2.56 bits per heavy atom. The van der Waals surface area contributed by atoms with Crippen molar-refractivity contribution in [2.75, 3.05) is 18.9 Å². The standard InChI is InChI=1S/C15H24BrNO/c1-17(11-14-7-6-10-18-14)13-15(12-16)8-4-2-3-5-9-15/h6-7,10H,2-5,8-9,11-13H2,1H3. The van der Waals surface area contributed by atoms with E-state index in [0.717, 1.165) is 17.6 Å². The van der Waals surface area contributed by atoms with Crippen LogP contribution in [0.25, 0.3) is 0 Å². The van der Waals surface area contributed by atoms with Crippen molar-refractivity contribution in [2.45, 2.75) is 45.1 Å². The molecule has 2 rings (SSSR count). The second-order valence-corrected chi connectivity index (χ2v) is 6.36. The third-order valence-corrected chi connectivity index (χ3v) is 5.25. The number of hydrogen-bond donors (Lipinski definition) is 0. The van der Waals surface area contributed by atoms with E-state index in [1.807, 2.05) is 6.07 Å². The molecule has 1 aromatic rings. The zero-order valence-corrected chi connectivity index (χ0v) is 12.9. The third kappa shape index (κ3) is 3.86. The number of furan rings is 1. The molecule has 0 bridgehead atoms. The van der Waals surface area contributed by atoms with Gasteiger partial charge in [0.05, 0.1) is 12.8 Å². The molecule has 0 unspecified atom stereocenters. The Morgan fingerprint density at radius 1 is 1.28 bits per heavy atom. The van der Waals surface area contributed by atoms with E-state index >= 15 is 0 Å². The zero-order valence-electron chi connectivity index (χ0n) is 11.3. The monoisotopic (exact) mass is 313 g/mol. The first kappa shape index (κ1) is 14.1. The number of rotatable bonds is 5. The lowest BCUT2D eigenvalue weighted by atomic mass is 9.82. The Morgan fingerprint density at radius 2 is 2.00 bits per heavy atom. The lowest BCUT2D eigenvalue weighted by Gasteiger charge is -2.35. The van der Waals surface area contributed by atoms with Crippen molar-refractivity contribution in [3.05, 3.63) is 24.2 Å². The van der Waals surface area contributed by atoms with E-state index in [-0.39, 0.29) is 0 Å². The smallest absolute Gasteiger partial charge is 0.117 e. The maximum atomic E-state index is 5.43. The van der Waals surface area contributed by atoms with Gasteiger partial charge in [0.15, 0.2) is 0 Å². The van der Waals surface area contributed by atoms with Crippen LogP contribution < -0.4 is 0 Å². The summed E-state index contributed by atoms with van der Waals surface area (Å²) in [5.41, 5.74) is 0.470. The van der Waals surface area contributed by atoms with Crippen molar-refractivity contribution >= 4 is 15.9 Å². The predicted molar refractivity (Wildman–Crippen MR) is 79.0 cm³/mol. The van der Waals surface area contributed by atoms with Gasteiger partial charge in [0, 0.05) is 11.9 Å². The second kappa shape index (κ2) is 6.76. The maximum absolute atomic E-state index is 5.43. The largest absolute Gasteiger partial charge is 0.468 e. The molecule has 1 fully saturated rings. The average Bonchev–Trinajstić information content (AvgIpc) is 2.74. The van der Waals surface area contributed by atoms with Crippen molar-refractivity contribution in [1.82, 2.24) is 4.90 Å². The minimum Gasteiger partial charge on any atom is -0.468 e. The summed E-state index contributed by atoms with van der Waals surface area (Å²) < 4.78 is 5.43. The minimum absolute atomic E-state index is 0.470. The van der Waals surface area contributed by atoms with Crippen LogP contribution in [0.2, 0.25) is 0 Å². The van der Waals surface area contributed by atoms with Crippen molar-refractivity contribution in [3.8, 4) is 0 Å². The fraction of sp³-hybridized carbons (Fsp3) is 0.733. The van der Waals surface area contributed by atoms with Gasteiger partial charge in [-0.1, -0.05) is 41.6 Å². The first-order valence-electron chi connectivity index (χ1n) is 7.01. The van der Waals surface area contributed by atoms with Crippen LogP contribution in [0.15, 0.2) is 22.8 Å². The Labute approximate surface area is 119 Å². The molecule has 18 heavy (non-hydrogen) atoms. The van der Waals surface area contributed by atoms with E-state index in [9.17, 15) is 0 Å². The van der Waals surface area contributed by atoms with Crippen LogP contribution in [0.3, 0.4) is 0 Å². The van der Waals surface area contributed by atoms with Gasteiger partial charge in [-0.25, -0.2) is 0 Å². The average molecular weight is 314 g/mol. The molecule has 1 aromatic heterocycles. The maximum Gasteiger partial charge on any atom is 0.117 e. The van der Waals surface area contributed by atoms with Crippen LogP contribution in [-0.4, -0.2) is 23.8 Å². The molecular weight excluding hydrogens is 290 g/mol. The van der Waals surface area contributed by atoms with Gasteiger partial charge in [-0.15, -0.1) is 0 Å². The van der Waals surface area contributed by atoms with E-state index in [2.05, 4.69) is 33.9 Å². The highest BCUT2D eigenvalue weighted by molar-refractivity contribution is 9.09. The lowest BCUT2D eigenvalue weighted by Crippen LogP contribution is -2.36. The summed E-state index contributed by atoms with van der Waals surface area (Å²) in [6.07, 6.45) is 10.1. The van der Waals surface area contributed by atoms with Crippen LogP contribution in [0.4, 0.5) is 0 Å². The predicted octanol–water partition coefficient (Wildman–Crippen LogP) is 4.45. The van der Waals surface area contributed by atoms with Gasteiger partial charge in [-0.3, -0.25) is 4.90 Å². The third-order valence-electron chi connectivity index (χ3n) is 4.06. The summed E-state index contributed by atoms with van der Waals surface area (Å²) in [6.45, 7) is 2.08. The molecule has 0 radical (unpaired) electrons. The number of halogens is 1. The molecule has 1 saturated carbocycles. The van der Waals surface area contributed by atoms with Crippen LogP contribution in [0, 0.1) is 5.41 Å². The Balaban J connectivity index is 1.91. The minimum atomic E-state index is 0.470. The molecule has 3 heteroatoms.